The van der Waals surface area contributed by atoms with Crippen molar-refractivity contribution in [2.75, 3.05) is 6.54 Å². The third kappa shape index (κ3) is 2.43. The van der Waals surface area contributed by atoms with Crippen molar-refractivity contribution in [2.24, 2.45) is 11.7 Å². The Morgan fingerprint density at radius 1 is 1.25 bits per heavy atom. The summed E-state index contributed by atoms with van der Waals surface area (Å²) in [6, 6.07) is 11.4. The van der Waals surface area contributed by atoms with Gasteiger partial charge in [-0.15, -0.1) is 0 Å². The number of benzene rings is 1. The van der Waals surface area contributed by atoms with Gasteiger partial charge >= 0.3 is 0 Å². The number of hydrogen-bond acceptors (Lipinski definition) is 3. The van der Waals surface area contributed by atoms with Gasteiger partial charge in [-0.25, -0.2) is 0 Å². The Bertz CT molecular complexity index is 590. The van der Waals surface area contributed by atoms with E-state index >= 15 is 0 Å². The van der Waals surface area contributed by atoms with Crippen molar-refractivity contribution in [3.63, 3.8) is 0 Å². The lowest BCUT2D eigenvalue weighted by Gasteiger charge is -2.41. The van der Waals surface area contributed by atoms with Gasteiger partial charge in [-0.3, -0.25) is 9.88 Å². The van der Waals surface area contributed by atoms with Crippen molar-refractivity contribution < 1.29 is 0 Å². The summed E-state index contributed by atoms with van der Waals surface area (Å²) in [7, 11) is 0. The molecule has 1 aliphatic rings. The largest absolute Gasteiger partial charge is 0.327 e. The third-order valence-corrected chi connectivity index (χ3v) is 4.85. The molecule has 2 aromatic rings. The monoisotopic (exact) mass is 269 g/mol. The van der Waals surface area contributed by atoms with Gasteiger partial charge in [-0.05, 0) is 30.9 Å². The molecule has 20 heavy (non-hydrogen) atoms. The van der Waals surface area contributed by atoms with E-state index in [0.29, 0.717) is 18.0 Å². The fourth-order valence-corrected chi connectivity index (χ4v) is 3.21. The molecule has 1 aromatic heterocycles. The van der Waals surface area contributed by atoms with Gasteiger partial charge < -0.3 is 5.73 Å². The average molecular weight is 269 g/mol. The number of nitrogens with zero attached hydrogens (tertiary/aromatic N) is 2. The predicted octanol–water partition coefficient (Wildman–Crippen LogP) is 2.79. The molecular weight excluding hydrogens is 246 g/mol. The molecule has 0 aliphatic carbocycles. The number of piperidine rings is 1. The topological polar surface area (TPSA) is 42.1 Å². The van der Waals surface area contributed by atoms with Gasteiger partial charge in [0.05, 0.1) is 5.52 Å². The van der Waals surface area contributed by atoms with E-state index < -0.39 is 0 Å². The van der Waals surface area contributed by atoms with Gasteiger partial charge in [0, 0.05) is 36.8 Å². The number of rotatable bonds is 2. The zero-order valence-corrected chi connectivity index (χ0v) is 12.3. The maximum Gasteiger partial charge on any atom is 0.0746 e. The first-order chi connectivity index (χ1) is 9.66. The number of aromatic nitrogens is 1. The quantitative estimate of drug-likeness (QED) is 0.911. The summed E-state index contributed by atoms with van der Waals surface area (Å²) in [5.74, 6) is 0.548. The lowest BCUT2D eigenvalue weighted by Crippen LogP contribution is -2.51. The van der Waals surface area contributed by atoms with Gasteiger partial charge in [0.25, 0.3) is 0 Å². The molecule has 106 valence electrons. The normalized spacial score (nSPS) is 27.9. The van der Waals surface area contributed by atoms with E-state index in [1.54, 1.807) is 0 Å². The van der Waals surface area contributed by atoms with Crippen molar-refractivity contribution in [3.05, 3.63) is 42.1 Å². The van der Waals surface area contributed by atoms with Crippen molar-refractivity contribution in [1.29, 1.82) is 0 Å². The summed E-state index contributed by atoms with van der Waals surface area (Å²) in [4.78, 5) is 7.09. The summed E-state index contributed by atoms with van der Waals surface area (Å²) in [5.41, 5.74) is 8.62. The summed E-state index contributed by atoms with van der Waals surface area (Å²) in [6.07, 6.45) is 2.97. The Morgan fingerprint density at radius 3 is 2.90 bits per heavy atom. The van der Waals surface area contributed by atoms with Gasteiger partial charge in [0.1, 0.15) is 0 Å². The first-order valence-electron chi connectivity index (χ1n) is 7.49. The predicted molar refractivity (Wildman–Crippen MR) is 83.4 cm³/mol. The highest BCUT2D eigenvalue weighted by Gasteiger charge is 2.30. The van der Waals surface area contributed by atoms with Crippen LogP contribution in [0.25, 0.3) is 10.9 Å². The lowest BCUT2D eigenvalue weighted by atomic mass is 9.87. The van der Waals surface area contributed by atoms with Gasteiger partial charge in [-0.1, -0.05) is 31.2 Å². The number of nitrogens with two attached hydrogens (primary N) is 1. The minimum absolute atomic E-state index is 0.340. The molecule has 2 heterocycles. The van der Waals surface area contributed by atoms with Crippen molar-refractivity contribution >= 4 is 10.9 Å². The van der Waals surface area contributed by atoms with E-state index in [9.17, 15) is 0 Å². The van der Waals surface area contributed by atoms with Crippen LogP contribution >= 0.6 is 0 Å². The van der Waals surface area contributed by atoms with Crippen molar-refractivity contribution in [2.45, 2.75) is 38.9 Å². The van der Waals surface area contributed by atoms with Crippen LogP contribution < -0.4 is 5.73 Å². The number of para-hydroxylation sites is 1. The second-order valence-corrected chi connectivity index (χ2v) is 6.01. The van der Waals surface area contributed by atoms with Crippen LogP contribution in [0.4, 0.5) is 0 Å². The second kappa shape index (κ2) is 5.51. The third-order valence-electron chi connectivity index (χ3n) is 4.85. The minimum atomic E-state index is 0.340. The Morgan fingerprint density at radius 2 is 2.05 bits per heavy atom. The summed E-state index contributed by atoms with van der Waals surface area (Å²) >= 11 is 0. The molecule has 0 spiro atoms. The van der Waals surface area contributed by atoms with Gasteiger partial charge in [0.2, 0.25) is 0 Å². The molecule has 3 atom stereocenters. The molecule has 0 radical (unpaired) electrons. The zero-order valence-electron chi connectivity index (χ0n) is 12.3. The molecule has 0 amide bonds. The molecule has 3 heteroatoms. The molecule has 1 aliphatic heterocycles. The average Bonchev–Trinajstić information content (AvgIpc) is 2.48. The molecule has 1 saturated heterocycles. The zero-order chi connectivity index (χ0) is 14.1. The molecule has 0 saturated carbocycles. The first-order valence-corrected chi connectivity index (χ1v) is 7.49. The molecule has 3 rings (SSSR count). The summed E-state index contributed by atoms with van der Waals surface area (Å²) in [6.45, 7) is 6.60. The van der Waals surface area contributed by atoms with Crippen LogP contribution in [-0.4, -0.2) is 28.5 Å². The molecule has 3 nitrogen and oxygen atoms in total. The van der Waals surface area contributed by atoms with Crippen molar-refractivity contribution in [3.8, 4) is 0 Å². The highest BCUT2D eigenvalue weighted by molar-refractivity contribution is 5.81. The maximum atomic E-state index is 6.18. The Hall–Kier alpha value is -1.45. The number of pyridine rings is 1. The smallest absolute Gasteiger partial charge is 0.0746 e. The summed E-state index contributed by atoms with van der Waals surface area (Å²) < 4.78 is 0. The highest BCUT2D eigenvalue weighted by atomic mass is 15.2. The Kier molecular flexibility index (Phi) is 3.72. The summed E-state index contributed by atoms with van der Waals surface area (Å²) in [5, 5.41) is 1.22. The molecule has 1 aromatic carbocycles. The standard InChI is InChI=1S/C17H23N3/c1-12-13(2)20(10-8-16(12)18)11-15-6-3-5-14-7-4-9-19-17(14)15/h3-7,9,12-13,16H,8,10-11,18H2,1-2H3. The molecular formula is C17H23N3. The maximum absolute atomic E-state index is 6.18. The SMILES string of the molecule is CC1C(N)CCN(Cc2cccc3cccnc23)C1C. The van der Waals surface area contributed by atoms with Crippen LogP contribution in [-0.2, 0) is 6.54 Å². The Balaban J connectivity index is 1.86. The molecule has 1 fully saturated rings. The first kappa shape index (κ1) is 13.5. The van der Waals surface area contributed by atoms with E-state index in [1.165, 1.54) is 10.9 Å². The van der Waals surface area contributed by atoms with Crippen LogP contribution in [0.3, 0.4) is 0 Å². The molecule has 2 N–H and O–H groups in total. The highest BCUT2D eigenvalue weighted by Crippen LogP contribution is 2.25. The molecule has 3 unspecified atom stereocenters. The van der Waals surface area contributed by atoms with E-state index in [2.05, 4.69) is 48.0 Å². The fourth-order valence-electron chi connectivity index (χ4n) is 3.21. The van der Waals surface area contributed by atoms with Crippen LogP contribution in [0.2, 0.25) is 0 Å². The van der Waals surface area contributed by atoms with E-state index in [0.717, 1.165) is 25.0 Å². The van der Waals surface area contributed by atoms with Crippen LogP contribution in [0.1, 0.15) is 25.8 Å². The van der Waals surface area contributed by atoms with Crippen LogP contribution in [0.5, 0.6) is 0 Å². The molecule has 0 bridgehead atoms. The number of fused-ring (bicyclic) bond motifs is 1. The van der Waals surface area contributed by atoms with Gasteiger partial charge in [0.15, 0.2) is 0 Å². The second-order valence-electron chi connectivity index (χ2n) is 6.01. The number of likely N-dealkylation sites (tertiary alicyclic amines) is 1. The lowest BCUT2D eigenvalue weighted by molar-refractivity contribution is 0.0914. The van der Waals surface area contributed by atoms with E-state index in [1.807, 2.05) is 12.3 Å². The Labute approximate surface area is 120 Å². The minimum Gasteiger partial charge on any atom is -0.327 e. The van der Waals surface area contributed by atoms with E-state index in [4.69, 9.17) is 5.73 Å². The fraction of sp³-hybridized carbons (Fsp3) is 0.471. The van der Waals surface area contributed by atoms with Gasteiger partial charge in [-0.2, -0.15) is 0 Å². The van der Waals surface area contributed by atoms with Crippen molar-refractivity contribution in [1.82, 2.24) is 9.88 Å². The van der Waals surface area contributed by atoms with Crippen LogP contribution in [0, 0.1) is 5.92 Å². The van der Waals surface area contributed by atoms with Crippen LogP contribution in [0.15, 0.2) is 36.5 Å². The van der Waals surface area contributed by atoms with E-state index in [-0.39, 0.29) is 0 Å². The number of hydrogen-bond donors (Lipinski definition) is 1.